The lowest BCUT2D eigenvalue weighted by atomic mass is 9.84. The predicted octanol–water partition coefficient (Wildman–Crippen LogP) is 4.49. The Kier molecular flexibility index (Phi) is 12.5. The fraction of sp³-hybridized carbons (Fsp3) is 0.393. The molecule has 0 radical (unpaired) electrons. The number of hydrogen-bond acceptors (Lipinski definition) is 8. The highest BCUT2D eigenvalue weighted by Crippen LogP contribution is 2.36. The van der Waals surface area contributed by atoms with Crippen molar-refractivity contribution in [1.82, 2.24) is 15.4 Å². The summed E-state index contributed by atoms with van der Waals surface area (Å²) >= 11 is 5.91. The van der Waals surface area contributed by atoms with Gasteiger partial charge in [-0.1, -0.05) is 11.6 Å². The van der Waals surface area contributed by atoms with Crippen molar-refractivity contribution in [1.29, 1.82) is 5.41 Å². The maximum atomic E-state index is 13.5. The number of ether oxygens (including phenoxy) is 1. The van der Waals surface area contributed by atoms with Gasteiger partial charge < -0.3 is 30.4 Å². The van der Waals surface area contributed by atoms with Gasteiger partial charge in [0.05, 0.1) is 5.02 Å². The molecule has 0 bridgehead atoms. The van der Waals surface area contributed by atoms with E-state index in [1.54, 1.807) is 30.3 Å². The molecule has 2 aliphatic rings. The lowest BCUT2D eigenvalue weighted by Gasteiger charge is -2.34. The van der Waals surface area contributed by atoms with Gasteiger partial charge in [-0.2, -0.15) is 0 Å². The number of anilines is 2. The molecule has 0 spiro atoms. The van der Waals surface area contributed by atoms with Gasteiger partial charge in [0.25, 0.3) is 5.91 Å². The third-order valence-corrected chi connectivity index (χ3v) is 7.56. The zero-order valence-electron chi connectivity index (χ0n) is 23.6. The summed E-state index contributed by atoms with van der Waals surface area (Å²) in [5.74, 6) is -0.601. The number of guanidine groups is 1. The Morgan fingerprint density at radius 1 is 1.11 bits per heavy atom. The molecule has 2 fully saturated rings. The molecule has 3 heterocycles. The van der Waals surface area contributed by atoms with Crippen LogP contribution in [0.4, 0.5) is 11.5 Å². The molecule has 0 atom stereocenters. The third-order valence-electron chi connectivity index (χ3n) is 7.34. The summed E-state index contributed by atoms with van der Waals surface area (Å²) in [4.78, 5) is 50.0. The number of amides is 3. The first-order valence-corrected chi connectivity index (χ1v) is 14.1. The van der Waals surface area contributed by atoms with E-state index < -0.39 is 5.91 Å². The number of furan rings is 1. The van der Waals surface area contributed by atoms with E-state index in [1.807, 2.05) is 4.90 Å². The van der Waals surface area contributed by atoms with E-state index in [9.17, 15) is 14.4 Å². The number of hydroxylamine groups is 1. The number of halogens is 3. The SMILES string of the molecule is Cl.Cl.N=C(N)NOCCOc1ccc2oc(C(=O)Nc3ccc(Cl)cn3)c(NC(=O)C3CCC(N4CCCC4=O)CC3)c2c1. The van der Waals surface area contributed by atoms with Crippen LogP contribution in [0.3, 0.4) is 0 Å². The number of rotatable bonds is 10. The summed E-state index contributed by atoms with van der Waals surface area (Å²) in [5, 5.41) is 13.6. The van der Waals surface area contributed by atoms with Gasteiger partial charge in [-0.05, 0) is 62.4 Å². The summed E-state index contributed by atoms with van der Waals surface area (Å²) in [6.07, 6.45) is 5.66. The molecule has 3 aromatic rings. The van der Waals surface area contributed by atoms with Gasteiger partial charge in [0.1, 0.15) is 36.1 Å². The van der Waals surface area contributed by atoms with E-state index in [1.165, 1.54) is 6.20 Å². The highest BCUT2D eigenvalue weighted by atomic mass is 35.5. The second-order valence-corrected chi connectivity index (χ2v) is 10.6. The van der Waals surface area contributed by atoms with Crippen LogP contribution in [-0.2, 0) is 14.4 Å². The fourth-order valence-corrected chi connectivity index (χ4v) is 5.45. The van der Waals surface area contributed by atoms with Gasteiger partial charge in [0.15, 0.2) is 0 Å². The monoisotopic (exact) mass is 669 g/mol. The smallest absolute Gasteiger partial charge is 0.294 e. The molecule has 5 rings (SSSR count). The van der Waals surface area contributed by atoms with Crippen LogP contribution >= 0.6 is 36.4 Å². The topological polar surface area (TPSA) is 185 Å². The van der Waals surface area contributed by atoms with Gasteiger partial charge in [-0.3, -0.25) is 24.6 Å². The molecule has 1 saturated carbocycles. The normalized spacial score (nSPS) is 17.8. The fourth-order valence-electron chi connectivity index (χ4n) is 5.33. The Bertz CT molecular complexity index is 1480. The average Bonchev–Trinajstić information content (AvgIpc) is 3.57. The van der Waals surface area contributed by atoms with Gasteiger partial charge >= 0.3 is 0 Å². The lowest BCUT2D eigenvalue weighted by Crippen LogP contribution is -2.40. The van der Waals surface area contributed by atoms with Crippen LogP contribution in [0.5, 0.6) is 5.75 Å². The van der Waals surface area contributed by atoms with Crippen molar-refractivity contribution in [3.8, 4) is 5.75 Å². The first kappa shape index (κ1) is 34.7. The van der Waals surface area contributed by atoms with Crippen molar-refractivity contribution < 1.29 is 28.4 Å². The molecular weight excluding hydrogens is 637 g/mol. The van der Waals surface area contributed by atoms with Gasteiger partial charge in [-0.15, -0.1) is 24.8 Å². The zero-order valence-corrected chi connectivity index (χ0v) is 26.0. The maximum Gasteiger partial charge on any atom is 0.294 e. The van der Waals surface area contributed by atoms with Gasteiger partial charge in [-0.25, -0.2) is 10.5 Å². The number of likely N-dealkylation sites (tertiary alicyclic amines) is 1. The number of carbonyl (C=O) groups excluding carboxylic acids is 3. The minimum atomic E-state index is -0.598. The molecule has 238 valence electrons. The number of fused-ring (bicyclic) bond motifs is 1. The molecule has 44 heavy (non-hydrogen) atoms. The minimum Gasteiger partial charge on any atom is -0.491 e. The number of pyridine rings is 1. The van der Waals surface area contributed by atoms with Crippen LogP contribution in [0.2, 0.25) is 5.02 Å². The second-order valence-electron chi connectivity index (χ2n) is 10.2. The van der Waals surface area contributed by atoms with Crippen LogP contribution in [0.15, 0.2) is 40.9 Å². The third kappa shape index (κ3) is 8.44. The van der Waals surface area contributed by atoms with Gasteiger partial charge in [0, 0.05) is 36.5 Å². The van der Waals surface area contributed by atoms with Gasteiger partial charge in [0.2, 0.25) is 23.5 Å². The van der Waals surface area contributed by atoms with Crippen molar-refractivity contribution in [2.45, 2.75) is 44.6 Å². The molecule has 1 aliphatic heterocycles. The summed E-state index contributed by atoms with van der Waals surface area (Å²) in [6, 6.07) is 8.29. The highest BCUT2D eigenvalue weighted by molar-refractivity contribution is 6.30. The highest BCUT2D eigenvalue weighted by Gasteiger charge is 2.34. The Morgan fingerprint density at radius 2 is 1.89 bits per heavy atom. The van der Waals surface area contributed by atoms with E-state index in [-0.39, 0.29) is 85.0 Å². The summed E-state index contributed by atoms with van der Waals surface area (Å²) < 4.78 is 11.6. The summed E-state index contributed by atoms with van der Waals surface area (Å²) in [7, 11) is 0. The largest absolute Gasteiger partial charge is 0.491 e. The Balaban J connectivity index is 0.00000264. The molecular formula is C28H34Cl3N7O6. The molecule has 13 nitrogen and oxygen atoms in total. The Morgan fingerprint density at radius 3 is 2.55 bits per heavy atom. The lowest BCUT2D eigenvalue weighted by molar-refractivity contribution is -0.130. The zero-order chi connectivity index (χ0) is 29.6. The molecule has 1 saturated heterocycles. The maximum absolute atomic E-state index is 13.5. The van der Waals surface area contributed by atoms with E-state index in [0.717, 1.165) is 25.8 Å². The van der Waals surface area contributed by atoms with E-state index in [0.29, 0.717) is 41.0 Å². The average molecular weight is 671 g/mol. The molecule has 2 aromatic heterocycles. The number of nitrogens with two attached hydrogens (primary N) is 1. The van der Waals surface area contributed by atoms with E-state index in [2.05, 4.69) is 21.1 Å². The minimum absolute atomic E-state index is 0. The molecule has 6 N–H and O–H groups in total. The number of nitrogens with zero attached hydrogens (tertiary/aromatic N) is 2. The van der Waals surface area contributed by atoms with E-state index in [4.69, 9.17) is 36.7 Å². The van der Waals surface area contributed by atoms with Crippen molar-refractivity contribution in [3.63, 3.8) is 0 Å². The predicted molar refractivity (Wildman–Crippen MR) is 170 cm³/mol. The first-order valence-electron chi connectivity index (χ1n) is 13.7. The number of benzene rings is 1. The standard InChI is InChI=1S/C28H32ClN7O6.2ClH/c29-17-5-10-22(32-15-17)33-27(39)25-24(20-14-19(8-9-21(20)42-25)40-12-13-41-35-28(30)31)34-26(38)16-3-6-18(7-4-16)36-11-1-2-23(36)37;;/h5,8-10,14-16,18H,1-4,6-7,11-13H2,(H,34,38)(H4,30,31,35)(H,32,33,39);2*1H. The molecule has 1 aromatic carbocycles. The summed E-state index contributed by atoms with van der Waals surface area (Å²) in [6.45, 7) is 1.04. The molecule has 1 aliphatic carbocycles. The number of aromatic nitrogens is 1. The Labute approximate surface area is 270 Å². The van der Waals surface area contributed by atoms with Crippen molar-refractivity contribution >= 4 is 82.6 Å². The van der Waals surface area contributed by atoms with Crippen molar-refractivity contribution in [3.05, 3.63) is 47.3 Å². The van der Waals surface area contributed by atoms with E-state index >= 15 is 0 Å². The van der Waals surface area contributed by atoms with Crippen LogP contribution < -0.4 is 26.6 Å². The van der Waals surface area contributed by atoms with Crippen LogP contribution in [0.1, 0.15) is 49.1 Å². The second kappa shape index (κ2) is 15.8. The molecule has 0 unspecified atom stereocenters. The quantitative estimate of drug-likeness (QED) is 0.0897. The van der Waals surface area contributed by atoms with Crippen molar-refractivity contribution in [2.24, 2.45) is 11.7 Å². The number of carbonyl (C=O) groups is 3. The molecule has 16 heteroatoms. The van der Waals surface area contributed by atoms with Crippen molar-refractivity contribution in [2.75, 3.05) is 30.4 Å². The summed E-state index contributed by atoms with van der Waals surface area (Å²) in [5.41, 5.74) is 8.00. The first-order chi connectivity index (χ1) is 20.3. The molecule has 3 amide bonds. The Hall–Kier alpha value is -3.78. The van der Waals surface area contributed by atoms with Crippen LogP contribution in [0, 0.1) is 11.3 Å². The number of hydrogen-bond donors (Lipinski definition) is 5. The van der Waals surface area contributed by atoms with Crippen LogP contribution in [-0.4, -0.2) is 59.4 Å². The number of nitrogens with one attached hydrogen (secondary N) is 4. The van der Waals surface area contributed by atoms with Crippen LogP contribution in [0.25, 0.3) is 11.0 Å².